The van der Waals surface area contributed by atoms with Gasteiger partial charge in [0.1, 0.15) is 11.5 Å². The van der Waals surface area contributed by atoms with E-state index in [1.807, 2.05) is 9.80 Å². The van der Waals surface area contributed by atoms with Gasteiger partial charge >= 0.3 is 12.4 Å². The minimum absolute atomic E-state index is 0.0593. The third kappa shape index (κ3) is 6.62. The summed E-state index contributed by atoms with van der Waals surface area (Å²) < 4.78 is 95.5. The Bertz CT molecular complexity index is 1280. The van der Waals surface area contributed by atoms with Crippen molar-refractivity contribution in [2.45, 2.75) is 12.4 Å². The van der Waals surface area contributed by atoms with Gasteiger partial charge in [-0.3, -0.25) is 0 Å². The standard InChI is InChI=1S/C24H23F6N7O3/c25-23(26,27)16-11-15(12-17(13-16)24(28,29)30)19-2-1-18(40-19)14-31-35-20-32-21(36-3-7-38-8-4-36)34-22(33-20)37-5-9-39-10-6-37/h1-2,11-14H,3-10H2,(H,32,33,34,35). The topological polar surface area (TPSA) is 101 Å². The number of nitrogens with zero attached hydrogens (tertiary/aromatic N) is 6. The summed E-state index contributed by atoms with van der Waals surface area (Å²) in [5.74, 6) is 0.881. The van der Waals surface area contributed by atoms with Crippen LogP contribution in [0.4, 0.5) is 44.2 Å². The van der Waals surface area contributed by atoms with Gasteiger partial charge in [0.2, 0.25) is 17.8 Å². The van der Waals surface area contributed by atoms with Crippen molar-refractivity contribution in [1.82, 2.24) is 15.0 Å². The first-order valence-corrected chi connectivity index (χ1v) is 12.2. The number of furan rings is 1. The van der Waals surface area contributed by atoms with E-state index in [2.05, 4.69) is 25.5 Å². The summed E-state index contributed by atoms with van der Waals surface area (Å²) in [4.78, 5) is 17.3. The molecule has 4 heterocycles. The predicted molar refractivity (Wildman–Crippen MR) is 131 cm³/mol. The molecule has 2 fully saturated rings. The van der Waals surface area contributed by atoms with E-state index in [1.54, 1.807) is 0 Å². The Morgan fingerprint density at radius 2 is 1.27 bits per heavy atom. The Morgan fingerprint density at radius 3 is 1.77 bits per heavy atom. The average molecular weight is 571 g/mol. The fourth-order valence-corrected chi connectivity index (χ4v) is 4.04. The largest absolute Gasteiger partial charge is 0.455 e. The van der Waals surface area contributed by atoms with Crippen LogP contribution in [-0.2, 0) is 21.8 Å². The third-order valence-corrected chi connectivity index (χ3v) is 6.05. The lowest BCUT2D eigenvalue weighted by Gasteiger charge is -2.30. The number of anilines is 3. The molecule has 3 aromatic rings. The van der Waals surface area contributed by atoms with Crippen LogP contribution in [-0.4, -0.2) is 73.8 Å². The summed E-state index contributed by atoms with van der Waals surface area (Å²) in [6.45, 7) is 4.47. The van der Waals surface area contributed by atoms with Crippen molar-refractivity contribution in [3.63, 3.8) is 0 Å². The van der Waals surface area contributed by atoms with Crippen LogP contribution >= 0.6 is 0 Å². The number of morpholine rings is 2. The molecule has 214 valence electrons. The lowest BCUT2D eigenvalue weighted by atomic mass is 10.0. The zero-order valence-electron chi connectivity index (χ0n) is 20.8. The van der Waals surface area contributed by atoms with Gasteiger partial charge in [-0.1, -0.05) is 0 Å². The Kier molecular flexibility index (Phi) is 7.80. The number of rotatable bonds is 6. The van der Waals surface area contributed by atoms with E-state index in [9.17, 15) is 26.3 Å². The quantitative estimate of drug-likeness (QED) is 0.264. The molecule has 2 aliphatic heterocycles. The predicted octanol–water partition coefficient (Wildman–Crippen LogP) is 4.29. The number of nitrogens with one attached hydrogen (secondary N) is 1. The second kappa shape index (κ2) is 11.3. The van der Waals surface area contributed by atoms with Crippen LogP contribution in [0.3, 0.4) is 0 Å². The summed E-state index contributed by atoms with van der Waals surface area (Å²) >= 11 is 0. The molecule has 10 nitrogen and oxygen atoms in total. The number of hydrazone groups is 1. The lowest BCUT2D eigenvalue weighted by Crippen LogP contribution is -2.40. The van der Waals surface area contributed by atoms with E-state index in [0.29, 0.717) is 76.6 Å². The highest BCUT2D eigenvalue weighted by Crippen LogP contribution is 2.39. The van der Waals surface area contributed by atoms with Gasteiger partial charge in [-0.05, 0) is 30.3 Å². The van der Waals surface area contributed by atoms with Crippen LogP contribution in [0.15, 0.2) is 39.9 Å². The van der Waals surface area contributed by atoms with Crippen LogP contribution in [0.1, 0.15) is 16.9 Å². The van der Waals surface area contributed by atoms with Gasteiger partial charge < -0.3 is 23.7 Å². The number of alkyl halides is 6. The molecule has 0 bridgehead atoms. The summed E-state index contributed by atoms with van der Waals surface area (Å²) in [6.07, 6.45) is -8.74. The maximum atomic E-state index is 13.2. The van der Waals surface area contributed by atoms with Gasteiger partial charge in [0.05, 0.1) is 43.8 Å². The molecule has 2 aliphatic rings. The SMILES string of the molecule is FC(F)(F)c1cc(-c2ccc(C=NNc3nc(N4CCOCC4)nc(N4CCOCC4)n3)o2)cc(C(F)(F)F)c1. The van der Waals surface area contributed by atoms with E-state index in [1.165, 1.54) is 18.3 Å². The molecule has 0 spiro atoms. The molecular weight excluding hydrogens is 548 g/mol. The summed E-state index contributed by atoms with van der Waals surface area (Å²) in [7, 11) is 0. The van der Waals surface area contributed by atoms with Gasteiger partial charge in [0.25, 0.3) is 0 Å². The monoisotopic (exact) mass is 571 g/mol. The first-order chi connectivity index (χ1) is 19.1. The number of hydrogen-bond acceptors (Lipinski definition) is 10. The normalized spacial score (nSPS) is 17.1. The first-order valence-electron chi connectivity index (χ1n) is 12.2. The van der Waals surface area contributed by atoms with Crippen LogP contribution < -0.4 is 15.2 Å². The third-order valence-electron chi connectivity index (χ3n) is 6.05. The van der Waals surface area contributed by atoms with Crippen molar-refractivity contribution in [3.8, 4) is 11.3 Å². The van der Waals surface area contributed by atoms with Crippen LogP contribution in [0, 0.1) is 0 Å². The minimum Gasteiger partial charge on any atom is -0.455 e. The number of ether oxygens (including phenoxy) is 2. The number of benzene rings is 1. The Labute approximate surface area is 223 Å². The van der Waals surface area contributed by atoms with Crippen molar-refractivity contribution < 1.29 is 40.2 Å². The van der Waals surface area contributed by atoms with E-state index >= 15 is 0 Å². The summed E-state index contributed by atoms with van der Waals surface area (Å²) in [5, 5.41) is 4.04. The molecule has 1 aromatic carbocycles. The molecule has 0 radical (unpaired) electrons. The second-order valence-corrected chi connectivity index (χ2v) is 8.82. The van der Waals surface area contributed by atoms with Crippen LogP contribution in [0.2, 0.25) is 0 Å². The summed E-state index contributed by atoms with van der Waals surface area (Å²) in [5.41, 5.74) is -0.559. The molecule has 16 heteroatoms. The molecule has 0 unspecified atom stereocenters. The van der Waals surface area contributed by atoms with Gasteiger partial charge in [0.15, 0.2) is 0 Å². The minimum atomic E-state index is -4.97. The first kappa shape index (κ1) is 27.6. The average Bonchev–Trinajstić information content (AvgIpc) is 3.42. The van der Waals surface area contributed by atoms with E-state index in [0.717, 1.165) is 0 Å². The number of halogens is 6. The fourth-order valence-electron chi connectivity index (χ4n) is 4.04. The van der Waals surface area contributed by atoms with Crippen molar-refractivity contribution in [1.29, 1.82) is 0 Å². The van der Waals surface area contributed by atoms with E-state index in [-0.39, 0.29) is 29.1 Å². The highest BCUT2D eigenvalue weighted by molar-refractivity contribution is 5.78. The highest BCUT2D eigenvalue weighted by Gasteiger charge is 2.37. The van der Waals surface area contributed by atoms with Crippen molar-refractivity contribution >= 4 is 24.1 Å². The maximum Gasteiger partial charge on any atom is 0.416 e. The molecular formula is C24H23F6N7O3. The number of aromatic nitrogens is 3. The van der Waals surface area contributed by atoms with Gasteiger partial charge in [0, 0.05) is 31.7 Å². The van der Waals surface area contributed by atoms with Crippen molar-refractivity contribution in [3.05, 3.63) is 47.2 Å². The Balaban J connectivity index is 1.36. The Morgan fingerprint density at radius 1 is 0.750 bits per heavy atom. The van der Waals surface area contributed by atoms with E-state index in [4.69, 9.17) is 13.9 Å². The van der Waals surface area contributed by atoms with Crippen molar-refractivity contribution in [2.75, 3.05) is 67.8 Å². The van der Waals surface area contributed by atoms with E-state index < -0.39 is 23.5 Å². The molecule has 1 N–H and O–H groups in total. The van der Waals surface area contributed by atoms with Crippen LogP contribution in [0.5, 0.6) is 0 Å². The second-order valence-electron chi connectivity index (χ2n) is 8.82. The zero-order valence-corrected chi connectivity index (χ0v) is 20.8. The molecule has 5 rings (SSSR count). The summed E-state index contributed by atoms with van der Waals surface area (Å²) in [6, 6.07) is 3.87. The molecule has 2 saturated heterocycles. The van der Waals surface area contributed by atoms with Gasteiger partial charge in [-0.25, -0.2) is 5.43 Å². The van der Waals surface area contributed by atoms with Crippen molar-refractivity contribution in [2.24, 2.45) is 5.10 Å². The van der Waals surface area contributed by atoms with Crippen LogP contribution in [0.25, 0.3) is 11.3 Å². The smallest absolute Gasteiger partial charge is 0.416 e. The van der Waals surface area contributed by atoms with Gasteiger partial charge in [-0.2, -0.15) is 46.4 Å². The molecule has 0 aliphatic carbocycles. The zero-order chi connectivity index (χ0) is 28.3. The molecule has 2 aromatic heterocycles. The Hall–Kier alpha value is -3.92. The molecule has 40 heavy (non-hydrogen) atoms. The molecule has 0 amide bonds. The maximum absolute atomic E-state index is 13.2. The highest BCUT2D eigenvalue weighted by atomic mass is 19.4. The fraction of sp³-hybridized carbons (Fsp3) is 0.417. The molecule has 0 atom stereocenters. The van der Waals surface area contributed by atoms with Gasteiger partial charge in [-0.15, -0.1) is 0 Å². The lowest BCUT2D eigenvalue weighted by molar-refractivity contribution is -0.143. The number of hydrogen-bond donors (Lipinski definition) is 1. The molecule has 0 saturated carbocycles.